The highest BCUT2D eigenvalue weighted by Crippen LogP contribution is 2.35. The summed E-state index contributed by atoms with van der Waals surface area (Å²) >= 11 is 0. The van der Waals surface area contributed by atoms with Gasteiger partial charge in [-0.1, -0.05) is 6.92 Å². The second-order valence-corrected chi connectivity index (χ2v) is 5.22. The van der Waals surface area contributed by atoms with Gasteiger partial charge < -0.3 is 24.5 Å². The first kappa shape index (κ1) is 14.2. The van der Waals surface area contributed by atoms with Gasteiger partial charge in [0.15, 0.2) is 11.5 Å². The summed E-state index contributed by atoms with van der Waals surface area (Å²) in [5, 5.41) is 0. The number of hydrogen-bond donors (Lipinski definition) is 1. The number of imidazole rings is 1. The Hall–Kier alpha value is -1.79. The van der Waals surface area contributed by atoms with Crippen LogP contribution in [0.3, 0.4) is 0 Å². The SMILES string of the molecule is CCC(N)Cn1c(COC)nc2cc3c(cc21)OCCO3. The van der Waals surface area contributed by atoms with Gasteiger partial charge in [-0.15, -0.1) is 0 Å². The van der Waals surface area contributed by atoms with E-state index in [9.17, 15) is 0 Å². The van der Waals surface area contributed by atoms with Gasteiger partial charge in [-0.05, 0) is 6.42 Å². The van der Waals surface area contributed by atoms with Crippen LogP contribution in [-0.4, -0.2) is 35.9 Å². The first-order chi connectivity index (χ1) is 10.2. The summed E-state index contributed by atoms with van der Waals surface area (Å²) in [5.41, 5.74) is 8.01. The molecule has 0 saturated heterocycles. The highest BCUT2D eigenvalue weighted by Gasteiger charge is 2.18. The smallest absolute Gasteiger partial charge is 0.163 e. The molecule has 1 aromatic carbocycles. The fourth-order valence-corrected chi connectivity index (χ4v) is 2.52. The minimum atomic E-state index is 0.0891. The fourth-order valence-electron chi connectivity index (χ4n) is 2.52. The van der Waals surface area contributed by atoms with Gasteiger partial charge in [0.25, 0.3) is 0 Å². The Morgan fingerprint density at radius 1 is 1.33 bits per heavy atom. The molecule has 3 rings (SSSR count). The van der Waals surface area contributed by atoms with Crippen molar-refractivity contribution in [2.24, 2.45) is 5.73 Å². The zero-order valence-corrected chi connectivity index (χ0v) is 12.5. The fraction of sp³-hybridized carbons (Fsp3) is 0.533. The maximum atomic E-state index is 6.11. The number of nitrogens with zero attached hydrogens (tertiary/aromatic N) is 2. The van der Waals surface area contributed by atoms with Gasteiger partial charge in [0, 0.05) is 31.8 Å². The predicted octanol–water partition coefficient (Wildman–Crippen LogP) is 1.69. The van der Waals surface area contributed by atoms with Gasteiger partial charge >= 0.3 is 0 Å². The summed E-state index contributed by atoms with van der Waals surface area (Å²) in [7, 11) is 1.67. The molecule has 0 spiro atoms. The number of fused-ring (bicyclic) bond motifs is 2. The quantitative estimate of drug-likeness (QED) is 0.907. The van der Waals surface area contributed by atoms with Crippen LogP contribution in [0, 0.1) is 0 Å². The molecule has 1 aliphatic rings. The maximum absolute atomic E-state index is 6.11. The first-order valence-electron chi connectivity index (χ1n) is 7.26. The normalized spacial score (nSPS) is 15.4. The second-order valence-electron chi connectivity index (χ2n) is 5.22. The van der Waals surface area contributed by atoms with Crippen LogP contribution >= 0.6 is 0 Å². The van der Waals surface area contributed by atoms with Gasteiger partial charge in [0.2, 0.25) is 0 Å². The molecule has 0 aliphatic carbocycles. The lowest BCUT2D eigenvalue weighted by molar-refractivity contribution is 0.172. The molecule has 1 atom stereocenters. The number of benzene rings is 1. The molecule has 0 amide bonds. The van der Waals surface area contributed by atoms with Crippen molar-refractivity contribution in [1.82, 2.24) is 9.55 Å². The lowest BCUT2D eigenvalue weighted by Crippen LogP contribution is -2.26. The number of methoxy groups -OCH3 is 1. The topological polar surface area (TPSA) is 71.5 Å². The molecule has 2 N–H and O–H groups in total. The van der Waals surface area contributed by atoms with Crippen LogP contribution in [0.5, 0.6) is 11.5 Å². The number of nitrogens with two attached hydrogens (primary N) is 1. The van der Waals surface area contributed by atoms with E-state index in [-0.39, 0.29) is 6.04 Å². The zero-order chi connectivity index (χ0) is 14.8. The Labute approximate surface area is 123 Å². The lowest BCUT2D eigenvalue weighted by atomic mass is 10.2. The van der Waals surface area contributed by atoms with Crippen LogP contribution in [0.4, 0.5) is 0 Å². The summed E-state index contributed by atoms with van der Waals surface area (Å²) in [5.74, 6) is 2.39. The summed E-state index contributed by atoms with van der Waals surface area (Å²) in [4.78, 5) is 4.64. The van der Waals surface area contributed by atoms with Crippen LogP contribution in [0.1, 0.15) is 19.2 Å². The van der Waals surface area contributed by atoms with E-state index < -0.39 is 0 Å². The van der Waals surface area contributed by atoms with Crippen LogP contribution < -0.4 is 15.2 Å². The van der Waals surface area contributed by atoms with Crippen molar-refractivity contribution in [3.8, 4) is 11.5 Å². The van der Waals surface area contributed by atoms with Gasteiger partial charge in [-0.2, -0.15) is 0 Å². The highest BCUT2D eigenvalue weighted by atomic mass is 16.6. The molecule has 1 unspecified atom stereocenters. The van der Waals surface area contributed by atoms with Crippen LogP contribution in [0.2, 0.25) is 0 Å². The Balaban J connectivity index is 2.09. The molecule has 0 saturated carbocycles. The van der Waals surface area contributed by atoms with E-state index in [2.05, 4.69) is 16.5 Å². The standard InChI is InChI=1S/C15H21N3O3/c1-3-10(16)8-18-12-7-14-13(20-4-5-21-14)6-11(12)17-15(18)9-19-2/h6-7,10H,3-5,8-9,16H2,1-2H3. The van der Waals surface area contributed by atoms with E-state index in [1.165, 1.54) is 0 Å². The van der Waals surface area contributed by atoms with Gasteiger partial charge in [0.05, 0.1) is 11.0 Å². The second kappa shape index (κ2) is 5.91. The summed E-state index contributed by atoms with van der Waals surface area (Å²) in [6.07, 6.45) is 0.913. The lowest BCUT2D eigenvalue weighted by Gasteiger charge is -2.19. The third kappa shape index (κ3) is 2.69. The predicted molar refractivity (Wildman–Crippen MR) is 79.7 cm³/mol. The summed E-state index contributed by atoms with van der Waals surface area (Å²) in [6.45, 7) is 4.40. The number of ether oxygens (including phenoxy) is 3. The van der Waals surface area contributed by atoms with Crippen molar-refractivity contribution >= 4 is 11.0 Å². The molecule has 1 aromatic heterocycles. The minimum absolute atomic E-state index is 0.0891. The number of aromatic nitrogens is 2. The van der Waals surface area contributed by atoms with Crippen molar-refractivity contribution in [1.29, 1.82) is 0 Å². The van der Waals surface area contributed by atoms with E-state index in [0.717, 1.165) is 34.8 Å². The third-order valence-corrected chi connectivity index (χ3v) is 3.71. The van der Waals surface area contributed by atoms with Crippen molar-refractivity contribution in [3.63, 3.8) is 0 Å². The summed E-state index contributed by atoms with van der Waals surface area (Å²) < 4.78 is 18.6. The molecule has 2 heterocycles. The molecule has 21 heavy (non-hydrogen) atoms. The number of rotatable bonds is 5. The maximum Gasteiger partial charge on any atom is 0.163 e. The molecule has 0 radical (unpaired) electrons. The molecular formula is C15H21N3O3. The Bertz CT molecular complexity index is 639. The monoisotopic (exact) mass is 291 g/mol. The van der Waals surface area contributed by atoms with E-state index in [4.69, 9.17) is 19.9 Å². The number of hydrogen-bond acceptors (Lipinski definition) is 5. The van der Waals surface area contributed by atoms with E-state index >= 15 is 0 Å². The molecule has 0 bridgehead atoms. The van der Waals surface area contributed by atoms with Crippen molar-refractivity contribution in [2.75, 3.05) is 20.3 Å². The molecule has 0 fully saturated rings. The van der Waals surface area contributed by atoms with Crippen molar-refractivity contribution in [2.45, 2.75) is 32.5 Å². The molecule has 1 aliphatic heterocycles. The van der Waals surface area contributed by atoms with Crippen molar-refractivity contribution in [3.05, 3.63) is 18.0 Å². The largest absolute Gasteiger partial charge is 0.486 e. The van der Waals surface area contributed by atoms with Crippen molar-refractivity contribution < 1.29 is 14.2 Å². The van der Waals surface area contributed by atoms with E-state index in [1.54, 1.807) is 7.11 Å². The average Bonchev–Trinajstić information content (AvgIpc) is 2.82. The minimum Gasteiger partial charge on any atom is -0.486 e. The van der Waals surface area contributed by atoms with E-state index in [1.807, 2.05) is 12.1 Å². The molecular weight excluding hydrogens is 270 g/mol. The molecule has 114 valence electrons. The third-order valence-electron chi connectivity index (χ3n) is 3.71. The molecule has 6 heteroatoms. The van der Waals surface area contributed by atoms with Gasteiger partial charge in [-0.25, -0.2) is 4.98 Å². The molecule has 2 aromatic rings. The van der Waals surface area contributed by atoms with Crippen LogP contribution in [-0.2, 0) is 17.9 Å². The van der Waals surface area contributed by atoms with E-state index in [0.29, 0.717) is 26.4 Å². The van der Waals surface area contributed by atoms with Crippen LogP contribution in [0.15, 0.2) is 12.1 Å². The average molecular weight is 291 g/mol. The first-order valence-corrected chi connectivity index (χ1v) is 7.26. The Morgan fingerprint density at radius 3 is 2.71 bits per heavy atom. The summed E-state index contributed by atoms with van der Waals surface area (Å²) in [6, 6.07) is 4.00. The Kier molecular flexibility index (Phi) is 3.98. The van der Waals surface area contributed by atoms with Gasteiger partial charge in [0.1, 0.15) is 25.6 Å². The van der Waals surface area contributed by atoms with Crippen LogP contribution in [0.25, 0.3) is 11.0 Å². The highest BCUT2D eigenvalue weighted by molar-refractivity contribution is 5.80. The Morgan fingerprint density at radius 2 is 2.05 bits per heavy atom. The molecule has 6 nitrogen and oxygen atoms in total. The zero-order valence-electron chi connectivity index (χ0n) is 12.5. The van der Waals surface area contributed by atoms with Gasteiger partial charge in [-0.3, -0.25) is 0 Å².